The van der Waals surface area contributed by atoms with Crippen LogP contribution in [0, 0.1) is 5.82 Å². The molecule has 2 N–H and O–H groups in total. The van der Waals surface area contributed by atoms with Crippen LogP contribution in [0.15, 0.2) is 18.2 Å². The van der Waals surface area contributed by atoms with Crippen molar-refractivity contribution < 1.29 is 9.50 Å². The van der Waals surface area contributed by atoms with Crippen molar-refractivity contribution in [2.45, 2.75) is 19.9 Å². The van der Waals surface area contributed by atoms with E-state index >= 15 is 0 Å². The number of nitrogens with one attached hydrogen (secondary N) is 1. The Kier molecular flexibility index (Phi) is 7.31. The zero-order valence-electron chi connectivity index (χ0n) is 11.5. The molecule has 0 aromatic heterocycles. The summed E-state index contributed by atoms with van der Waals surface area (Å²) in [5, 5.41) is 12.9. The first-order valence-corrected chi connectivity index (χ1v) is 7.02. The summed E-state index contributed by atoms with van der Waals surface area (Å²) in [6.07, 6.45) is 0. The number of hydrogen-bond acceptors (Lipinski definition) is 3. The molecule has 1 rings (SSSR count). The zero-order valence-corrected chi connectivity index (χ0v) is 12.3. The van der Waals surface area contributed by atoms with Crippen LogP contribution in [0.4, 0.5) is 4.39 Å². The van der Waals surface area contributed by atoms with E-state index in [0.717, 1.165) is 19.6 Å². The fraction of sp³-hybridized carbons (Fsp3) is 0.571. The van der Waals surface area contributed by atoms with E-state index in [2.05, 4.69) is 24.1 Å². The fourth-order valence-corrected chi connectivity index (χ4v) is 2.33. The topological polar surface area (TPSA) is 35.5 Å². The Morgan fingerprint density at radius 3 is 2.58 bits per heavy atom. The number of likely N-dealkylation sites (N-methyl/N-ethyl adjacent to an activating group) is 1. The van der Waals surface area contributed by atoms with Gasteiger partial charge in [-0.25, -0.2) is 4.39 Å². The van der Waals surface area contributed by atoms with Gasteiger partial charge in [-0.3, -0.25) is 0 Å². The van der Waals surface area contributed by atoms with Crippen molar-refractivity contribution in [3.8, 4) is 0 Å². The van der Waals surface area contributed by atoms with Gasteiger partial charge in [-0.15, -0.1) is 0 Å². The van der Waals surface area contributed by atoms with Gasteiger partial charge in [0, 0.05) is 23.7 Å². The van der Waals surface area contributed by atoms with Crippen molar-refractivity contribution in [2.75, 3.05) is 32.8 Å². The van der Waals surface area contributed by atoms with Crippen LogP contribution in [-0.2, 0) is 0 Å². The first kappa shape index (κ1) is 16.4. The maximum atomic E-state index is 13.8. The van der Waals surface area contributed by atoms with Gasteiger partial charge in [-0.2, -0.15) is 0 Å². The number of nitrogens with zero attached hydrogens (tertiary/aromatic N) is 1. The average Bonchev–Trinajstić information content (AvgIpc) is 2.41. The highest BCUT2D eigenvalue weighted by Gasteiger charge is 2.17. The molecular formula is C14H22ClFN2O. The van der Waals surface area contributed by atoms with Gasteiger partial charge in [0.1, 0.15) is 5.82 Å². The Labute approximate surface area is 119 Å². The van der Waals surface area contributed by atoms with Crippen LogP contribution in [0.3, 0.4) is 0 Å². The van der Waals surface area contributed by atoms with Crippen molar-refractivity contribution >= 4 is 11.6 Å². The first-order chi connectivity index (χ1) is 9.13. The molecule has 0 radical (unpaired) electrons. The minimum atomic E-state index is -0.468. The third-order valence-corrected chi connectivity index (χ3v) is 3.57. The smallest absolute Gasteiger partial charge is 0.129 e. The highest BCUT2D eigenvalue weighted by atomic mass is 35.5. The quantitative estimate of drug-likeness (QED) is 0.771. The molecule has 0 spiro atoms. The summed E-state index contributed by atoms with van der Waals surface area (Å²) in [6.45, 7) is 7.50. The summed E-state index contributed by atoms with van der Waals surface area (Å²) in [4.78, 5) is 2.25. The molecule has 5 heteroatoms. The number of aliphatic hydroxyl groups excluding tert-OH is 1. The van der Waals surface area contributed by atoms with Gasteiger partial charge in [0.05, 0.1) is 12.6 Å². The van der Waals surface area contributed by atoms with Crippen LogP contribution in [-0.4, -0.2) is 42.8 Å². The van der Waals surface area contributed by atoms with Crippen molar-refractivity contribution in [1.29, 1.82) is 0 Å². The van der Waals surface area contributed by atoms with Crippen molar-refractivity contribution in [3.05, 3.63) is 34.6 Å². The van der Waals surface area contributed by atoms with E-state index in [-0.39, 0.29) is 12.4 Å². The molecule has 0 aliphatic rings. The van der Waals surface area contributed by atoms with Gasteiger partial charge in [-0.1, -0.05) is 31.5 Å². The molecule has 0 aliphatic heterocycles. The SMILES string of the molecule is CCN(CC)CCNC(CO)c1c(F)cccc1Cl. The minimum absolute atomic E-state index is 0.182. The fourth-order valence-electron chi connectivity index (χ4n) is 2.04. The summed E-state index contributed by atoms with van der Waals surface area (Å²) in [7, 11) is 0. The number of hydrogen-bond donors (Lipinski definition) is 2. The van der Waals surface area contributed by atoms with Crippen molar-refractivity contribution in [1.82, 2.24) is 10.2 Å². The number of benzene rings is 1. The Hall–Kier alpha value is -0.680. The minimum Gasteiger partial charge on any atom is -0.394 e. The summed E-state index contributed by atoms with van der Waals surface area (Å²) >= 11 is 6.00. The van der Waals surface area contributed by atoms with E-state index in [4.69, 9.17) is 11.6 Å². The van der Waals surface area contributed by atoms with Gasteiger partial charge in [0.15, 0.2) is 0 Å². The summed E-state index contributed by atoms with van der Waals surface area (Å²) in [5.41, 5.74) is 0.339. The molecule has 0 bridgehead atoms. The van der Waals surface area contributed by atoms with Gasteiger partial charge in [0.2, 0.25) is 0 Å². The Balaban J connectivity index is 2.63. The molecule has 1 aromatic carbocycles. The van der Waals surface area contributed by atoms with Crippen LogP contribution in [0.5, 0.6) is 0 Å². The monoisotopic (exact) mass is 288 g/mol. The molecule has 1 aromatic rings. The highest BCUT2D eigenvalue weighted by molar-refractivity contribution is 6.31. The summed E-state index contributed by atoms with van der Waals surface area (Å²) in [5.74, 6) is -0.387. The third-order valence-electron chi connectivity index (χ3n) is 3.24. The lowest BCUT2D eigenvalue weighted by Gasteiger charge is -2.22. The molecule has 0 fully saturated rings. The molecule has 0 aliphatic carbocycles. The third kappa shape index (κ3) is 4.73. The van der Waals surface area contributed by atoms with Gasteiger partial charge in [0.25, 0.3) is 0 Å². The zero-order chi connectivity index (χ0) is 14.3. The second-order valence-electron chi connectivity index (χ2n) is 4.35. The van der Waals surface area contributed by atoms with Crippen LogP contribution in [0.1, 0.15) is 25.5 Å². The van der Waals surface area contributed by atoms with Crippen LogP contribution in [0.25, 0.3) is 0 Å². The molecule has 0 heterocycles. The molecule has 0 amide bonds. The average molecular weight is 289 g/mol. The van der Waals surface area contributed by atoms with Crippen LogP contribution in [0.2, 0.25) is 5.02 Å². The highest BCUT2D eigenvalue weighted by Crippen LogP contribution is 2.25. The number of rotatable bonds is 8. The predicted octanol–water partition coefficient (Wildman–Crippen LogP) is 2.44. The second kappa shape index (κ2) is 8.48. The number of halogens is 2. The Morgan fingerprint density at radius 2 is 2.05 bits per heavy atom. The van der Waals surface area contributed by atoms with Crippen LogP contribution < -0.4 is 5.32 Å². The Morgan fingerprint density at radius 1 is 1.37 bits per heavy atom. The first-order valence-electron chi connectivity index (χ1n) is 6.64. The van der Waals surface area contributed by atoms with E-state index in [0.29, 0.717) is 17.1 Å². The molecule has 108 valence electrons. The van der Waals surface area contributed by atoms with Crippen LogP contribution >= 0.6 is 11.6 Å². The molecule has 1 atom stereocenters. The molecule has 1 unspecified atom stereocenters. The van der Waals surface area contributed by atoms with Crippen molar-refractivity contribution in [3.63, 3.8) is 0 Å². The molecule has 19 heavy (non-hydrogen) atoms. The van der Waals surface area contributed by atoms with E-state index < -0.39 is 6.04 Å². The van der Waals surface area contributed by atoms with Crippen molar-refractivity contribution in [2.24, 2.45) is 0 Å². The molecule has 3 nitrogen and oxygen atoms in total. The predicted molar refractivity (Wildman–Crippen MR) is 77.0 cm³/mol. The maximum absolute atomic E-state index is 13.8. The summed E-state index contributed by atoms with van der Waals surface area (Å²) in [6, 6.07) is 4.08. The van der Waals surface area contributed by atoms with E-state index in [1.807, 2.05) is 0 Å². The largest absolute Gasteiger partial charge is 0.394 e. The molecule has 0 saturated carbocycles. The lowest BCUT2D eigenvalue weighted by Crippen LogP contribution is -2.35. The normalized spacial score (nSPS) is 12.9. The Bertz CT molecular complexity index is 365. The standard InChI is InChI=1S/C14H22ClFN2O/c1-3-18(4-2)9-8-17-13(10-19)14-11(15)6-5-7-12(14)16/h5-7,13,17,19H,3-4,8-10H2,1-2H3. The van der Waals surface area contributed by atoms with Gasteiger partial charge >= 0.3 is 0 Å². The lowest BCUT2D eigenvalue weighted by atomic mass is 10.1. The number of aliphatic hydroxyl groups is 1. The second-order valence-corrected chi connectivity index (χ2v) is 4.76. The lowest BCUT2D eigenvalue weighted by molar-refractivity contribution is 0.231. The van der Waals surface area contributed by atoms with E-state index in [9.17, 15) is 9.50 Å². The summed E-state index contributed by atoms with van der Waals surface area (Å²) < 4.78 is 13.8. The molecule has 0 saturated heterocycles. The van der Waals surface area contributed by atoms with E-state index in [1.54, 1.807) is 12.1 Å². The van der Waals surface area contributed by atoms with Gasteiger partial charge < -0.3 is 15.3 Å². The van der Waals surface area contributed by atoms with Gasteiger partial charge in [-0.05, 0) is 25.2 Å². The maximum Gasteiger partial charge on any atom is 0.129 e. The van der Waals surface area contributed by atoms with E-state index in [1.165, 1.54) is 6.07 Å². The molecular weight excluding hydrogens is 267 g/mol.